The Bertz CT molecular complexity index is 984. The summed E-state index contributed by atoms with van der Waals surface area (Å²) < 4.78 is 31.6. The first kappa shape index (κ1) is 18.5. The molecule has 2 aromatic carbocycles. The molecule has 138 valence electrons. The van der Waals surface area contributed by atoms with Crippen molar-refractivity contribution in [1.82, 2.24) is 10.2 Å². The highest BCUT2D eigenvalue weighted by molar-refractivity contribution is 6.32. The second-order valence-electron chi connectivity index (χ2n) is 5.36. The first-order chi connectivity index (χ1) is 13.0. The van der Waals surface area contributed by atoms with Crippen molar-refractivity contribution in [3.8, 4) is 5.75 Å². The predicted octanol–water partition coefficient (Wildman–Crippen LogP) is 4.41. The quantitative estimate of drug-likeness (QED) is 0.674. The van der Waals surface area contributed by atoms with Crippen LogP contribution >= 0.6 is 11.6 Å². The molecule has 1 heterocycles. The Balaban J connectivity index is 1.69. The van der Waals surface area contributed by atoms with Crippen LogP contribution in [0.1, 0.15) is 10.5 Å². The molecule has 0 atom stereocenters. The molecule has 2 N–H and O–H groups in total. The largest absolute Gasteiger partial charge is 0.495 e. The number of hydrogen-bond acceptors (Lipinski definition) is 5. The summed E-state index contributed by atoms with van der Waals surface area (Å²) in [5.74, 6) is -1.27. The van der Waals surface area contributed by atoms with E-state index in [-0.39, 0.29) is 17.2 Å². The van der Waals surface area contributed by atoms with Gasteiger partial charge in [0.25, 0.3) is 5.91 Å². The van der Waals surface area contributed by atoms with E-state index in [4.69, 9.17) is 16.3 Å². The van der Waals surface area contributed by atoms with Gasteiger partial charge in [-0.2, -0.15) is 0 Å². The van der Waals surface area contributed by atoms with Crippen molar-refractivity contribution in [2.45, 2.75) is 0 Å². The van der Waals surface area contributed by atoms with Crippen molar-refractivity contribution in [1.29, 1.82) is 0 Å². The summed E-state index contributed by atoms with van der Waals surface area (Å²) in [5, 5.41) is 13.3. The van der Waals surface area contributed by atoms with Gasteiger partial charge in [-0.05, 0) is 42.5 Å². The monoisotopic (exact) mass is 390 g/mol. The number of rotatable bonds is 5. The lowest BCUT2D eigenvalue weighted by Gasteiger charge is -2.08. The Labute approximate surface area is 158 Å². The molecule has 1 amide bonds. The molecule has 9 heteroatoms. The number of benzene rings is 2. The average Bonchev–Trinajstić information content (AvgIpc) is 2.65. The van der Waals surface area contributed by atoms with E-state index in [2.05, 4.69) is 20.8 Å². The zero-order valence-electron chi connectivity index (χ0n) is 14.0. The molecule has 0 saturated heterocycles. The number of anilines is 3. The predicted molar refractivity (Wildman–Crippen MR) is 97.6 cm³/mol. The Kier molecular flexibility index (Phi) is 5.46. The Morgan fingerprint density at radius 1 is 1.07 bits per heavy atom. The lowest BCUT2D eigenvalue weighted by Crippen LogP contribution is -2.14. The molecular weight excluding hydrogens is 378 g/mol. The Morgan fingerprint density at radius 2 is 1.89 bits per heavy atom. The molecular formula is C18H13ClF2N4O2. The van der Waals surface area contributed by atoms with Crippen molar-refractivity contribution < 1.29 is 18.3 Å². The van der Waals surface area contributed by atoms with Crippen LogP contribution in [0.4, 0.5) is 26.0 Å². The molecule has 1 aromatic heterocycles. The van der Waals surface area contributed by atoms with E-state index in [0.29, 0.717) is 16.5 Å². The maximum atomic E-state index is 13.6. The summed E-state index contributed by atoms with van der Waals surface area (Å²) in [6, 6.07) is 10.7. The van der Waals surface area contributed by atoms with E-state index in [0.717, 1.165) is 12.1 Å². The van der Waals surface area contributed by atoms with Crippen LogP contribution in [0.25, 0.3) is 0 Å². The van der Waals surface area contributed by atoms with Gasteiger partial charge in [0.1, 0.15) is 17.4 Å². The molecule has 0 unspecified atom stereocenters. The highest BCUT2D eigenvalue weighted by Crippen LogP contribution is 2.27. The van der Waals surface area contributed by atoms with Gasteiger partial charge in [-0.15, -0.1) is 10.2 Å². The van der Waals surface area contributed by atoms with Crippen LogP contribution < -0.4 is 15.4 Å². The Morgan fingerprint density at radius 3 is 2.52 bits per heavy atom. The molecule has 3 rings (SSSR count). The average molecular weight is 391 g/mol. The third-order valence-electron chi connectivity index (χ3n) is 3.50. The minimum absolute atomic E-state index is 0.0378. The summed E-state index contributed by atoms with van der Waals surface area (Å²) in [6.45, 7) is 0. The van der Waals surface area contributed by atoms with Crippen molar-refractivity contribution >= 4 is 34.7 Å². The van der Waals surface area contributed by atoms with Gasteiger partial charge in [0.05, 0.1) is 17.8 Å². The number of methoxy groups -OCH3 is 1. The molecule has 3 aromatic rings. The Hall–Kier alpha value is -3.26. The summed E-state index contributed by atoms with van der Waals surface area (Å²) >= 11 is 6.01. The number of hydrogen-bond donors (Lipinski definition) is 2. The van der Waals surface area contributed by atoms with E-state index < -0.39 is 17.5 Å². The molecule has 0 aliphatic carbocycles. The summed E-state index contributed by atoms with van der Waals surface area (Å²) in [5.41, 5.74) is 0.547. The normalized spacial score (nSPS) is 10.4. The molecule has 6 nitrogen and oxygen atoms in total. The van der Waals surface area contributed by atoms with Crippen LogP contribution in [-0.4, -0.2) is 23.2 Å². The fraction of sp³-hybridized carbons (Fsp3) is 0.0556. The van der Waals surface area contributed by atoms with Crippen LogP contribution in [-0.2, 0) is 0 Å². The minimum atomic E-state index is -0.769. The van der Waals surface area contributed by atoms with Gasteiger partial charge >= 0.3 is 0 Å². The van der Waals surface area contributed by atoms with Crippen molar-refractivity contribution in [3.63, 3.8) is 0 Å². The van der Waals surface area contributed by atoms with Gasteiger partial charge in [-0.3, -0.25) is 4.79 Å². The van der Waals surface area contributed by atoms with Gasteiger partial charge in [0.2, 0.25) is 0 Å². The smallest absolute Gasteiger partial charge is 0.276 e. The number of nitrogens with zero attached hydrogens (tertiary/aromatic N) is 2. The zero-order chi connectivity index (χ0) is 19.4. The lowest BCUT2D eigenvalue weighted by atomic mass is 10.2. The number of carbonyl (C=O) groups excluding carboxylic acids is 1. The molecule has 0 aliphatic rings. The van der Waals surface area contributed by atoms with Gasteiger partial charge < -0.3 is 15.4 Å². The first-order valence-electron chi connectivity index (χ1n) is 7.67. The fourth-order valence-electron chi connectivity index (χ4n) is 2.19. The molecule has 0 spiro atoms. The fourth-order valence-corrected chi connectivity index (χ4v) is 2.45. The van der Waals surface area contributed by atoms with Crippen LogP contribution in [0.15, 0.2) is 48.5 Å². The SMILES string of the molecule is COc1ccc(NC(=O)c2ccc(Nc3ccc(F)cc3F)nn2)cc1Cl. The first-order valence-corrected chi connectivity index (χ1v) is 8.05. The van der Waals surface area contributed by atoms with Crippen LogP contribution in [0.5, 0.6) is 5.75 Å². The second-order valence-corrected chi connectivity index (χ2v) is 5.76. The lowest BCUT2D eigenvalue weighted by molar-refractivity contribution is 0.102. The van der Waals surface area contributed by atoms with Gasteiger partial charge in [0, 0.05) is 11.8 Å². The third kappa shape index (κ3) is 4.48. The number of carbonyl (C=O) groups is 1. The number of ether oxygens (including phenoxy) is 1. The molecule has 27 heavy (non-hydrogen) atoms. The highest BCUT2D eigenvalue weighted by Gasteiger charge is 2.11. The standard InChI is InChI=1S/C18H13ClF2N4O2/c1-27-16-6-3-11(9-12(16)19)22-18(26)15-5-7-17(25-24-15)23-14-4-2-10(20)8-13(14)21/h2-9H,1H3,(H,22,26)(H,23,25). The second kappa shape index (κ2) is 7.96. The van der Waals surface area contributed by atoms with Gasteiger partial charge in [-0.1, -0.05) is 11.6 Å². The van der Waals surface area contributed by atoms with E-state index in [1.54, 1.807) is 18.2 Å². The van der Waals surface area contributed by atoms with Crippen molar-refractivity contribution in [3.05, 3.63) is 70.9 Å². The van der Waals surface area contributed by atoms with Crippen molar-refractivity contribution in [2.24, 2.45) is 0 Å². The van der Waals surface area contributed by atoms with Gasteiger partial charge in [0.15, 0.2) is 11.5 Å². The molecule has 0 aliphatic heterocycles. The van der Waals surface area contributed by atoms with E-state index in [1.807, 2.05) is 0 Å². The van der Waals surface area contributed by atoms with E-state index >= 15 is 0 Å². The van der Waals surface area contributed by atoms with Crippen LogP contribution in [0.2, 0.25) is 5.02 Å². The van der Waals surface area contributed by atoms with E-state index in [1.165, 1.54) is 25.3 Å². The summed E-state index contributed by atoms with van der Waals surface area (Å²) in [7, 11) is 1.49. The maximum absolute atomic E-state index is 13.6. The number of amides is 1. The van der Waals surface area contributed by atoms with Crippen molar-refractivity contribution in [2.75, 3.05) is 17.7 Å². The third-order valence-corrected chi connectivity index (χ3v) is 3.80. The number of halogens is 3. The maximum Gasteiger partial charge on any atom is 0.276 e. The van der Waals surface area contributed by atoms with Gasteiger partial charge in [-0.25, -0.2) is 8.78 Å². The zero-order valence-corrected chi connectivity index (χ0v) is 14.7. The molecule has 0 radical (unpaired) electrons. The van der Waals surface area contributed by atoms with Crippen LogP contribution in [0, 0.1) is 11.6 Å². The molecule has 0 fully saturated rings. The molecule has 0 saturated carbocycles. The van der Waals surface area contributed by atoms with E-state index in [9.17, 15) is 13.6 Å². The summed E-state index contributed by atoms with van der Waals surface area (Å²) in [4.78, 5) is 12.2. The highest BCUT2D eigenvalue weighted by atomic mass is 35.5. The number of aromatic nitrogens is 2. The molecule has 0 bridgehead atoms. The topological polar surface area (TPSA) is 76.1 Å². The van der Waals surface area contributed by atoms with Crippen LogP contribution in [0.3, 0.4) is 0 Å². The minimum Gasteiger partial charge on any atom is -0.495 e. The number of nitrogens with one attached hydrogen (secondary N) is 2. The summed E-state index contributed by atoms with van der Waals surface area (Å²) in [6.07, 6.45) is 0.